The van der Waals surface area contributed by atoms with Gasteiger partial charge in [-0.25, -0.2) is 0 Å². The minimum atomic E-state index is -1.17. The predicted octanol–water partition coefficient (Wildman–Crippen LogP) is -0.350. The van der Waals surface area contributed by atoms with Crippen LogP contribution in [-0.4, -0.2) is 35.7 Å². The first-order chi connectivity index (χ1) is 9.41. The fourth-order valence-corrected chi connectivity index (χ4v) is 2.58. The zero-order valence-corrected chi connectivity index (χ0v) is 11.4. The van der Waals surface area contributed by atoms with Crippen LogP contribution in [0.1, 0.15) is 38.5 Å². The van der Waals surface area contributed by atoms with Gasteiger partial charge in [-0.1, -0.05) is 25.7 Å². The number of primary amides is 2. The molecule has 0 heterocycles. The smallest absolute Gasteiger partial charge is 0.243 e. The summed E-state index contributed by atoms with van der Waals surface area (Å²) in [6, 6.07) is 2.09. The second-order valence-corrected chi connectivity index (χ2v) is 5.20. The minimum Gasteiger partial charge on any atom is -0.368 e. The van der Waals surface area contributed by atoms with Crippen LogP contribution in [0.25, 0.3) is 0 Å². The first kappa shape index (κ1) is 16.0. The fraction of sp³-hybridized carbons (Fsp3) is 0.692. The largest absolute Gasteiger partial charge is 0.368 e. The van der Waals surface area contributed by atoms with Crippen molar-refractivity contribution in [1.82, 2.24) is 4.90 Å². The molecule has 0 saturated heterocycles. The predicted molar refractivity (Wildman–Crippen MR) is 70.7 cm³/mol. The van der Waals surface area contributed by atoms with E-state index in [0.717, 1.165) is 30.6 Å². The molecule has 110 valence electrons. The highest BCUT2D eigenvalue weighted by Gasteiger charge is 2.42. The molecule has 0 bridgehead atoms. The van der Waals surface area contributed by atoms with Crippen molar-refractivity contribution in [2.75, 3.05) is 13.1 Å². The third-order valence-electron chi connectivity index (χ3n) is 3.56. The van der Waals surface area contributed by atoms with E-state index in [2.05, 4.69) is 6.07 Å². The highest BCUT2D eigenvalue weighted by atomic mass is 16.2. The van der Waals surface area contributed by atoms with Gasteiger partial charge < -0.3 is 16.4 Å². The van der Waals surface area contributed by atoms with E-state index in [1.54, 1.807) is 0 Å². The molecule has 20 heavy (non-hydrogen) atoms. The molecule has 3 amide bonds. The van der Waals surface area contributed by atoms with Gasteiger partial charge in [-0.15, -0.1) is 0 Å². The molecule has 1 fully saturated rings. The van der Waals surface area contributed by atoms with Crippen LogP contribution in [0.5, 0.6) is 0 Å². The van der Waals surface area contributed by atoms with E-state index in [9.17, 15) is 19.6 Å². The SMILES string of the molecule is N#CC1(C(=O)N(CC(N)=O)CC(N)=O)CCCCCC1. The Labute approximate surface area is 117 Å². The maximum absolute atomic E-state index is 12.6. The van der Waals surface area contributed by atoms with Crippen LogP contribution in [0.3, 0.4) is 0 Å². The fourth-order valence-electron chi connectivity index (χ4n) is 2.58. The average Bonchev–Trinajstić information content (AvgIpc) is 2.62. The third kappa shape index (κ3) is 3.95. The minimum absolute atomic E-state index is 0.398. The monoisotopic (exact) mass is 280 g/mol. The average molecular weight is 280 g/mol. The Morgan fingerprint density at radius 3 is 1.80 bits per heavy atom. The molecular formula is C13H20N4O3. The Hall–Kier alpha value is -2.10. The van der Waals surface area contributed by atoms with Crippen molar-refractivity contribution in [3.8, 4) is 6.07 Å². The molecule has 1 saturated carbocycles. The van der Waals surface area contributed by atoms with Gasteiger partial charge in [0.15, 0.2) is 0 Å². The number of rotatable bonds is 5. The van der Waals surface area contributed by atoms with Crippen LogP contribution in [-0.2, 0) is 14.4 Å². The summed E-state index contributed by atoms with van der Waals surface area (Å²) in [5, 5.41) is 9.42. The van der Waals surface area contributed by atoms with Gasteiger partial charge in [-0.3, -0.25) is 14.4 Å². The van der Waals surface area contributed by atoms with E-state index >= 15 is 0 Å². The molecule has 0 spiro atoms. The molecule has 7 nitrogen and oxygen atoms in total. The lowest BCUT2D eigenvalue weighted by Crippen LogP contribution is -2.49. The molecule has 0 aromatic rings. The van der Waals surface area contributed by atoms with Crippen molar-refractivity contribution in [1.29, 1.82) is 5.26 Å². The summed E-state index contributed by atoms with van der Waals surface area (Å²) in [5.74, 6) is -1.98. The van der Waals surface area contributed by atoms with Gasteiger partial charge in [0.25, 0.3) is 0 Å². The number of nitriles is 1. The quantitative estimate of drug-likeness (QED) is 0.666. The number of carbonyl (C=O) groups is 3. The van der Waals surface area contributed by atoms with E-state index in [1.165, 1.54) is 0 Å². The van der Waals surface area contributed by atoms with Crippen molar-refractivity contribution in [2.24, 2.45) is 16.9 Å². The van der Waals surface area contributed by atoms with Crippen LogP contribution in [0, 0.1) is 16.7 Å². The van der Waals surface area contributed by atoms with Crippen molar-refractivity contribution in [3.05, 3.63) is 0 Å². The van der Waals surface area contributed by atoms with Crippen LogP contribution in [0.4, 0.5) is 0 Å². The lowest BCUT2D eigenvalue weighted by molar-refractivity contribution is -0.144. The molecular weight excluding hydrogens is 260 g/mol. The molecule has 0 unspecified atom stereocenters. The maximum atomic E-state index is 12.6. The standard InChI is InChI=1S/C13H20N4O3/c14-9-13(5-3-1-2-4-6-13)12(20)17(7-10(15)18)8-11(16)19/h1-8H2,(H2,15,18)(H2,16,19). The summed E-state index contributed by atoms with van der Waals surface area (Å²) < 4.78 is 0. The van der Waals surface area contributed by atoms with Gasteiger partial charge in [0.2, 0.25) is 17.7 Å². The zero-order valence-electron chi connectivity index (χ0n) is 11.4. The summed E-state index contributed by atoms with van der Waals surface area (Å²) in [5.41, 5.74) is 9.00. The number of carbonyl (C=O) groups excluding carboxylic acids is 3. The Morgan fingerprint density at radius 1 is 1.00 bits per heavy atom. The van der Waals surface area contributed by atoms with Crippen molar-refractivity contribution >= 4 is 17.7 Å². The Kier molecular flexibility index (Phi) is 5.50. The van der Waals surface area contributed by atoms with Gasteiger partial charge >= 0.3 is 0 Å². The topological polar surface area (TPSA) is 130 Å². The zero-order chi connectivity index (χ0) is 15.2. The molecule has 0 aromatic heterocycles. The summed E-state index contributed by atoms with van der Waals surface area (Å²) in [6.45, 7) is -0.795. The molecule has 0 atom stereocenters. The highest BCUT2D eigenvalue weighted by Crippen LogP contribution is 2.36. The second-order valence-electron chi connectivity index (χ2n) is 5.20. The molecule has 0 radical (unpaired) electrons. The van der Waals surface area contributed by atoms with Gasteiger partial charge in [0.1, 0.15) is 5.41 Å². The number of nitrogens with two attached hydrogens (primary N) is 2. The van der Waals surface area contributed by atoms with Crippen LogP contribution >= 0.6 is 0 Å². The van der Waals surface area contributed by atoms with E-state index in [4.69, 9.17) is 11.5 Å². The Morgan fingerprint density at radius 2 is 1.45 bits per heavy atom. The van der Waals surface area contributed by atoms with Crippen molar-refractivity contribution < 1.29 is 14.4 Å². The summed E-state index contributed by atoms with van der Waals surface area (Å²) in [6.07, 6.45) is 4.39. The lowest BCUT2D eigenvalue weighted by Gasteiger charge is -2.30. The van der Waals surface area contributed by atoms with Gasteiger partial charge in [0, 0.05) is 0 Å². The number of nitrogens with zero attached hydrogens (tertiary/aromatic N) is 2. The molecule has 7 heteroatoms. The van der Waals surface area contributed by atoms with E-state index in [-0.39, 0.29) is 0 Å². The molecule has 1 rings (SSSR count). The van der Waals surface area contributed by atoms with Crippen molar-refractivity contribution in [3.63, 3.8) is 0 Å². The normalized spacial score (nSPS) is 17.6. The first-order valence-electron chi connectivity index (χ1n) is 6.68. The van der Waals surface area contributed by atoms with Gasteiger partial charge in [-0.2, -0.15) is 5.26 Å². The van der Waals surface area contributed by atoms with Gasteiger partial charge in [-0.05, 0) is 12.8 Å². The Bertz CT molecular complexity index is 417. The van der Waals surface area contributed by atoms with Crippen LogP contribution in [0.2, 0.25) is 0 Å². The number of hydrogen-bond donors (Lipinski definition) is 2. The molecule has 1 aliphatic rings. The van der Waals surface area contributed by atoms with E-state index in [0.29, 0.717) is 12.8 Å². The van der Waals surface area contributed by atoms with Crippen LogP contribution in [0.15, 0.2) is 0 Å². The molecule has 0 aromatic carbocycles. The van der Waals surface area contributed by atoms with Crippen LogP contribution < -0.4 is 11.5 Å². The van der Waals surface area contributed by atoms with Crippen molar-refractivity contribution in [2.45, 2.75) is 38.5 Å². The maximum Gasteiger partial charge on any atom is 0.243 e. The number of amides is 3. The summed E-state index contributed by atoms with van der Waals surface area (Å²) in [7, 11) is 0. The summed E-state index contributed by atoms with van der Waals surface area (Å²) in [4.78, 5) is 35.6. The second kappa shape index (κ2) is 6.89. The molecule has 1 aliphatic carbocycles. The highest BCUT2D eigenvalue weighted by molar-refractivity contribution is 5.92. The molecule has 4 N–H and O–H groups in total. The van der Waals surface area contributed by atoms with Gasteiger partial charge in [0.05, 0.1) is 19.2 Å². The number of hydrogen-bond acceptors (Lipinski definition) is 4. The first-order valence-corrected chi connectivity index (χ1v) is 6.68. The van der Waals surface area contributed by atoms with E-state index < -0.39 is 36.2 Å². The van der Waals surface area contributed by atoms with E-state index in [1.807, 2.05) is 0 Å². The molecule has 0 aliphatic heterocycles. The third-order valence-corrected chi connectivity index (χ3v) is 3.56. The summed E-state index contributed by atoms with van der Waals surface area (Å²) >= 11 is 0. The Balaban J connectivity index is 2.97. The lowest BCUT2D eigenvalue weighted by atomic mass is 9.80.